The molecule has 1 unspecified atom stereocenters. The van der Waals surface area contributed by atoms with Crippen LogP contribution in [0.2, 0.25) is 0 Å². The van der Waals surface area contributed by atoms with Crippen molar-refractivity contribution in [2.45, 2.75) is 31.2 Å². The van der Waals surface area contributed by atoms with Gasteiger partial charge < -0.3 is 10.3 Å². The fourth-order valence-corrected chi connectivity index (χ4v) is 3.51. The first-order chi connectivity index (χ1) is 9.61. The fourth-order valence-electron chi connectivity index (χ4n) is 1.93. The van der Waals surface area contributed by atoms with E-state index in [0.717, 1.165) is 15.3 Å². The number of aromatic nitrogens is 2. The lowest BCUT2D eigenvalue weighted by atomic mass is 10.0. The molecule has 0 fully saturated rings. The second-order valence-electron chi connectivity index (χ2n) is 5.30. The maximum atomic E-state index is 12.4. The number of aryl methyl sites for hydroxylation is 1. The number of nitrogens with two attached hydrogens (primary N) is 1. The molecular formula is C12H22N4O4S. The number of hydrogen-bond donors (Lipinski definition) is 2. The molecule has 1 rings (SSSR count). The number of nitrogens with one attached hydrogen (secondary N) is 1. The first-order valence-corrected chi connectivity index (χ1v) is 8.09. The van der Waals surface area contributed by atoms with Gasteiger partial charge in [-0.1, -0.05) is 13.8 Å². The summed E-state index contributed by atoms with van der Waals surface area (Å²) in [6.45, 7) is 4.06. The van der Waals surface area contributed by atoms with Crippen molar-refractivity contribution in [3.8, 4) is 0 Å². The second-order valence-corrected chi connectivity index (χ2v) is 6.98. The van der Waals surface area contributed by atoms with Crippen LogP contribution < -0.4 is 21.7 Å². The van der Waals surface area contributed by atoms with Crippen molar-refractivity contribution in [1.29, 1.82) is 0 Å². The van der Waals surface area contributed by atoms with E-state index in [0.29, 0.717) is 13.0 Å². The minimum Gasteiger partial charge on any atom is -0.330 e. The van der Waals surface area contributed by atoms with Crippen LogP contribution in [0.4, 0.5) is 0 Å². The first-order valence-electron chi connectivity index (χ1n) is 6.61. The molecule has 1 aromatic heterocycles. The van der Waals surface area contributed by atoms with Crippen molar-refractivity contribution in [2.24, 2.45) is 25.7 Å². The van der Waals surface area contributed by atoms with Crippen molar-refractivity contribution in [2.75, 3.05) is 6.54 Å². The van der Waals surface area contributed by atoms with E-state index in [2.05, 4.69) is 4.72 Å². The van der Waals surface area contributed by atoms with Crippen LogP contribution in [0, 0.1) is 5.92 Å². The monoisotopic (exact) mass is 318 g/mol. The highest BCUT2D eigenvalue weighted by Crippen LogP contribution is 2.10. The summed E-state index contributed by atoms with van der Waals surface area (Å²) < 4.78 is 29.1. The van der Waals surface area contributed by atoms with Gasteiger partial charge in [0.1, 0.15) is 0 Å². The third-order valence-corrected chi connectivity index (χ3v) is 4.77. The van der Waals surface area contributed by atoms with Gasteiger partial charge in [0.15, 0.2) is 4.90 Å². The zero-order valence-corrected chi connectivity index (χ0v) is 13.5. The van der Waals surface area contributed by atoms with E-state index in [-0.39, 0.29) is 12.0 Å². The van der Waals surface area contributed by atoms with E-state index in [9.17, 15) is 18.0 Å². The lowest BCUT2D eigenvalue weighted by Crippen LogP contribution is -2.45. The van der Waals surface area contributed by atoms with Crippen molar-refractivity contribution in [3.05, 3.63) is 27.0 Å². The average molecular weight is 318 g/mol. The Morgan fingerprint density at radius 2 is 1.86 bits per heavy atom. The van der Waals surface area contributed by atoms with Gasteiger partial charge in [0.25, 0.3) is 5.56 Å². The maximum Gasteiger partial charge on any atom is 0.330 e. The minimum absolute atomic E-state index is 0.0275. The number of hydrogen-bond acceptors (Lipinski definition) is 5. The number of sulfonamides is 1. The number of rotatable bonds is 6. The molecule has 0 bridgehead atoms. The standard InChI is InChI=1S/C12H22N4O4S/c1-8(2)9(5-6-13)14-21(19,20)10-7-15(3)12(18)16(4)11(10)17/h7-9,14H,5-6,13H2,1-4H3. The molecule has 1 heterocycles. The zero-order valence-electron chi connectivity index (χ0n) is 12.7. The molecule has 0 aliphatic rings. The van der Waals surface area contributed by atoms with E-state index >= 15 is 0 Å². The molecule has 3 N–H and O–H groups in total. The maximum absolute atomic E-state index is 12.4. The molecule has 1 aromatic rings. The molecule has 0 aliphatic carbocycles. The van der Waals surface area contributed by atoms with Crippen molar-refractivity contribution in [3.63, 3.8) is 0 Å². The Labute approximate surface area is 123 Å². The van der Waals surface area contributed by atoms with E-state index in [1.165, 1.54) is 14.1 Å². The Morgan fingerprint density at radius 1 is 1.29 bits per heavy atom. The van der Waals surface area contributed by atoms with Gasteiger partial charge >= 0.3 is 5.69 Å². The summed E-state index contributed by atoms with van der Waals surface area (Å²) in [5, 5.41) is 0. The highest BCUT2D eigenvalue weighted by Gasteiger charge is 2.26. The molecular weight excluding hydrogens is 296 g/mol. The summed E-state index contributed by atoms with van der Waals surface area (Å²) in [5.74, 6) is 0.0275. The Balaban J connectivity index is 3.32. The van der Waals surface area contributed by atoms with Crippen molar-refractivity contribution < 1.29 is 8.42 Å². The van der Waals surface area contributed by atoms with Crippen LogP contribution in [0.1, 0.15) is 20.3 Å². The third-order valence-electron chi connectivity index (χ3n) is 3.29. The van der Waals surface area contributed by atoms with Gasteiger partial charge in [-0.05, 0) is 18.9 Å². The van der Waals surface area contributed by atoms with Gasteiger partial charge in [-0.2, -0.15) is 0 Å². The van der Waals surface area contributed by atoms with Crippen LogP contribution in [-0.4, -0.2) is 30.1 Å². The van der Waals surface area contributed by atoms with E-state index in [1.807, 2.05) is 13.8 Å². The summed E-state index contributed by atoms with van der Waals surface area (Å²) in [7, 11) is -1.39. The van der Waals surface area contributed by atoms with Crippen LogP contribution >= 0.6 is 0 Å². The van der Waals surface area contributed by atoms with Gasteiger partial charge in [0, 0.05) is 26.3 Å². The van der Waals surface area contributed by atoms with Gasteiger partial charge in [0.05, 0.1) is 0 Å². The van der Waals surface area contributed by atoms with E-state index in [4.69, 9.17) is 5.73 Å². The lowest BCUT2D eigenvalue weighted by Gasteiger charge is -2.21. The average Bonchev–Trinajstić information content (AvgIpc) is 2.39. The van der Waals surface area contributed by atoms with Crippen LogP contribution in [0.15, 0.2) is 20.7 Å². The summed E-state index contributed by atoms with van der Waals surface area (Å²) in [5.41, 5.74) is 4.05. The Bertz CT molecular complexity index is 718. The molecule has 0 saturated carbocycles. The predicted octanol–water partition coefficient (Wildman–Crippen LogP) is -1.26. The third kappa shape index (κ3) is 3.80. The molecule has 0 aliphatic heterocycles. The molecule has 0 radical (unpaired) electrons. The van der Waals surface area contributed by atoms with Crippen LogP contribution in [0.25, 0.3) is 0 Å². The van der Waals surface area contributed by atoms with Crippen LogP contribution in [0.3, 0.4) is 0 Å². The number of nitrogens with zero attached hydrogens (tertiary/aromatic N) is 2. The normalized spacial score (nSPS) is 13.6. The summed E-state index contributed by atoms with van der Waals surface area (Å²) in [4.78, 5) is 23.1. The SMILES string of the molecule is CC(C)C(CCN)NS(=O)(=O)c1cn(C)c(=O)n(C)c1=O. The summed E-state index contributed by atoms with van der Waals surface area (Å²) in [6, 6.07) is -0.373. The molecule has 0 spiro atoms. The predicted molar refractivity (Wildman–Crippen MR) is 79.5 cm³/mol. The summed E-state index contributed by atoms with van der Waals surface area (Å²) >= 11 is 0. The smallest absolute Gasteiger partial charge is 0.330 e. The highest BCUT2D eigenvalue weighted by molar-refractivity contribution is 7.89. The summed E-state index contributed by atoms with van der Waals surface area (Å²) in [6.07, 6.45) is 1.50. The molecule has 0 saturated heterocycles. The topological polar surface area (TPSA) is 116 Å². The molecule has 120 valence electrons. The minimum atomic E-state index is -4.02. The Hall–Kier alpha value is -1.45. The largest absolute Gasteiger partial charge is 0.330 e. The molecule has 21 heavy (non-hydrogen) atoms. The Morgan fingerprint density at radius 3 is 2.33 bits per heavy atom. The van der Waals surface area contributed by atoms with Gasteiger partial charge in [0.2, 0.25) is 10.0 Å². The quantitative estimate of drug-likeness (QED) is 0.679. The highest BCUT2D eigenvalue weighted by atomic mass is 32.2. The molecule has 9 heteroatoms. The molecule has 0 aromatic carbocycles. The molecule has 8 nitrogen and oxygen atoms in total. The van der Waals surface area contributed by atoms with Gasteiger partial charge in [-0.25, -0.2) is 17.9 Å². The van der Waals surface area contributed by atoms with Crippen molar-refractivity contribution in [1.82, 2.24) is 13.9 Å². The molecule has 0 amide bonds. The van der Waals surface area contributed by atoms with Gasteiger partial charge in [-0.3, -0.25) is 9.36 Å². The van der Waals surface area contributed by atoms with Crippen LogP contribution in [0.5, 0.6) is 0 Å². The first kappa shape index (κ1) is 17.6. The zero-order chi connectivity index (χ0) is 16.4. The van der Waals surface area contributed by atoms with E-state index in [1.54, 1.807) is 0 Å². The molecule has 1 atom stereocenters. The van der Waals surface area contributed by atoms with Crippen LogP contribution in [-0.2, 0) is 24.1 Å². The second kappa shape index (κ2) is 6.54. The van der Waals surface area contributed by atoms with Gasteiger partial charge in [-0.15, -0.1) is 0 Å². The van der Waals surface area contributed by atoms with Crippen molar-refractivity contribution >= 4 is 10.0 Å². The Kier molecular flexibility index (Phi) is 5.48. The fraction of sp³-hybridized carbons (Fsp3) is 0.667. The lowest BCUT2D eigenvalue weighted by molar-refractivity contribution is 0.427. The van der Waals surface area contributed by atoms with E-state index < -0.39 is 26.2 Å².